The number of sulfonamides is 1. The van der Waals surface area contributed by atoms with E-state index in [1.54, 1.807) is 6.07 Å². The van der Waals surface area contributed by atoms with Crippen LogP contribution in [0.2, 0.25) is 0 Å². The Morgan fingerprint density at radius 1 is 1.18 bits per heavy atom. The Labute approximate surface area is 135 Å². The molecule has 1 aliphatic rings. The van der Waals surface area contributed by atoms with Crippen molar-refractivity contribution < 1.29 is 8.42 Å². The number of hydrogen-bond donors (Lipinski definition) is 1. The third kappa shape index (κ3) is 3.28. The van der Waals surface area contributed by atoms with Crippen LogP contribution in [-0.2, 0) is 23.0 Å². The molecule has 0 aromatic heterocycles. The molecule has 0 bridgehead atoms. The molecule has 0 unspecified atom stereocenters. The van der Waals surface area contributed by atoms with E-state index in [-0.39, 0.29) is 0 Å². The average molecular weight is 332 g/mol. The molecule has 0 spiro atoms. The van der Waals surface area contributed by atoms with Gasteiger partial charge in [-0.3, -0.25) is 4.72 Å². The Morgan fingerprint density at radius 3 is 2.59 bits per heavy atom. The van der Waals surface area contributed by atoms with E-state index in [2.05, 4.69) is 21.8 Å². The number of hydrogen-bond acceptors (Lipinski definition) is 3. The van der Waals surface area contributed by atoms with Gasteiger partial charge in [-0.25, -0.2) is 8.42 Å². The molecule has 22 heavy (non-hydrogen) atoms. The van der Waals surface area contributed by atoms with Crippen LogP contribution in [0.4, 0.5) is 11.4 Å². The van der Waals surface area contributed by atoms with Gasteiger partial charge in [0.1, 0.15) is 0 Å². The smallest absolute Gasteiger partial charge is 0.229 e. The van der Waals surface area contributed by atoms with E-state index in [4.69, 9.17) is 12.2 Å². The van der Waals surface area contributed by atoms with Crippen molar-refractivity contribution in [3.8, 4) is 0 Å². The maximum atomic E-state index is 11.3. The lowest BCUT2D eigenvalue weighted by Gasteiger charge is -2.20. The van der Waals surface area contributed by atoms with Gasteiger partial charge in [-0.2, -0.15) is 0 Å². The molecule has 1 heterocycles. The summed E-state index contributed by atoms with van der Waals surface area (Å²) in [5.74, 6) is 0. The second-order valence-corrected chi connectivity index (χ2v) is 7.58. The van der Waals surface area contributed by atoms with Crippen molar-refractivity contribution in [1.29, 1.82) is 0 Å². The first-order valence-corrected chi connectivity index (χ1v) is 9.17. The Balaban J connectivity index is 1.87. The van der Waals surface area contributed by atoms with E-state index in [1.807, 2.05) is 30.3 Å². The van der Waals surface area contributed by atoms with Crippen LogP contribution in [0, 0.1) is 0 Å². The molecule has 2 aromatic rings. The quantitative estimate of drug-likeness (QED) is 0.875. The van der Waals surface area contributed by atoms with Gasteiger partial charge in [-0.05, 0) is 29.3 Å². The Morgan fingerprint density at radius 2 is 1.91 bits per heavy atom. The van der Waals surface area contributed by atoms with Gasteiger partial charge < -0.3 is 4.90 Å². The lowest BCUT2D eigenvalue weighted by atomic mass is 10.1. The summed E-state index contributed by atoms with van der Waals surface area (Å²) in [6.07, 6.45) is 1.81. The molecule has 0 fully saturated rings. The lowest BCUT2D eigenvalue weighted by Crippen LogP contribution is -2.24. The summed E-state index contributed by atoms with van der Waals surface area (Å²) in [4.78, 5) is 2.96. The highest BCUT2D eigenvalue weighted by atomic mass is 32.2. The topological polar surface area (TPSA) is 49.4 Å². The number of thiocarbonyl (C=S) groups is 1. The molecule has 0 amide bonds. The first kappa shape index (κ1) is 15.0. The molecule has 1 N–H and O–H groups in total. The van der Waals surface area contributed by atoms with Crippen molar-refractivity contribution in [2.75, 3.05) is 15.9 Å². The molecule has 0 atom stereocenters. The van der Waals surface area contributed by atoms with Gasteiger partial charge in [0.2, 0.25) is 10.0 Å². The van der Waals surface area contributed by atoms with Crippen LogP contribution in [0.15, 0.2) is 48.5 Å². The number of anilines is 2. The SMILES string of the molecule is CS(=O)(=O)Nc1ccc2c(c1)CC(=S)N2Cc1ccccc1. The van der Waals surface area contributed by atoms with Crippen LogP contribution < -0.4 is 9.62 Å². The monoisotopic (exact) mass is 332 g/mol. The third-order valence-electron chi connectivity index (χ3n) is 3.50. The van der Waals surface area contributed by atoms with Crippen molar-refractivity contribution >= 4 is 38.6 Å². The highest BCUT2D eigenvalue weighted by Crippen LogP contribution is 2.33. The fraction of sp³-hybridized carbons (Fsp3) is 0.188. The van der Waals surface area contributed by atoms with Gasteiger partial charge in [-0.1, -0.05) is 42.5 Å². The number of rotatable bonds is 4. The molecular weight excluding hydrogens is 316 g/mol. The Kier molecular flexibility index (Phi) is 3.88. The fourth-order valence-electron chi connectivity index (χ4n) is 2.60. The van der Waals surface area contributed by atoms with E-state index in [9.17, 15) is 8.42 Å². The zero-order valence-corrected chi connectivity index (χ0v) is 13.7. The number of nitrogens with one attached hydrogen (secondary N) is 1. The van der Waals surface area contributed by atoms with E-state index in [0.717, 1.165) is 29.0 Å². The van der Waals surface area contributed by atoms with Crippen LogP contribution in [0.3, 0.4) is 0 Å². The maximum Gasteiger partial charge on any atom is 0.229 e. The number of fused-ring (bicyclic) bond motifs is 1. The molecular formula is C16H16N2O2S2. The Bertz CT molecular complexity index is 817. The van der Waals surface area contributed by atoms with Crippen LogP contribution in [0.5, 0.6) is 0 Å². The minimum atomic E-state index is -3.27. The van der Waals surface area contributed by atoms with Crippen LogP contribution in [0.1, 0.15) is 11.1 Å². The zero-order valence-electron chi connectivity index (χ0n) is 12.1. The van der Waals surface area contributed by atoms with Gasteiger partial charge in [0.15, 0.2) is 0 Å². The summed E-state index contributed by atoms with van der Waals surface area (Å²) in [6.45, 7) is 0.728. The lowest BCUT2D eigenvalue weighted by molar-refractivity contribution is 0.607. The Hall–Kier alpha value is -1.92. The number of benzene rings is 2. The van der Waals surface area contributed by atoms with Crippen molar-refractivity contribution in [3.05, 3.63) is 59.7 Å². The molecule has 0 saturated heterocycles. The number of nitrogens with zero attached hydrogens (tertiary/aromatic N) is 1. The van der Waals surface area contributed by atoms with Crippen molar-refractivity contribution in [3.63, 3.8) is 0 Å². The molecule has 6 heteroatoms. The zero-order chi connectivity index (χ0) is 15.7. The summed E-state index contributed by atoms with van der Waals surface area (Å²) in [7, 11) is -3.27. The summed E-state index contributed by atoms with van der Waals surface area (Å²) >= 11 is 5.48. The van der Waals surface area contributed by atoms with Gasteiger partial charge >= 0.3 is 0 Å². The molecule has 0 aliphatic carbocycles. The minimum Gasteiger partial charge on any atom is -0.331 e. The first-order valence-electron chi connectivity index (χ1n) is 6.87. The van der Waals surface area contributed by atoms with Gasteiger partial charge in [0.05, 0.1) is 11.2 Å². The van der Waals surface area contributed by atoms with Crippen molar-refractivity contribution in [1.82, 2.24) is 0 Å². The fourth-order valence-corrected chi connectivity index (χ4v) is 3.47. The minimum absolute atomic E-state index is 0.575. The van der Waals surface area contributed by atoms with E-state index in [0.29, 0.717) is 12.1 Å². The third-order valence-corrected chi connectivity index (χ3v) is 4.47. The second-order valence-electron chi connectivity index (χ2n) is 5.36. The molecule has 3 rings (SSSR count). The predicted octanol–water partition coefficient (Wildman–Crippen LogP) is 2.95. The van der Waals surface area contributed by atoms with E-state index in [1.165, 1.54) is 5.56 Å². The molecule has 0 radical (unpaired) electrons. The first-order chi connectivity index (χ1) is 10.4. The van der Waals surface area contributed by atoms with Gasteiger partial charge in [0.25, 0.3) is 0 Å². The van der Waals surface area contributed by atoms with E-state index < -0.39 is 10.0 Å². The highest BCUT2D eigenvalue weighted by molar-refractivity contribution is 7.92. The van der Waals surface area contributed by atoms with Crippen LogP contribution >= 0.6 is 12.2 Å². The maximum absolute atomic E-state index is 11.3. The summed E-state index contributed by atoms with van der Waals surface area (Å²) < 4.78 is 25.1. The molecule has 1 aliphatic heterocycles. The summed E-state index contributed by atoms with van der Waals surface area (Å²) in [5.41, 5.74) is 3.86. The average Bonchev–Trinajstić information content (AvgIpc) is 2.74. The van der Waals surface area contributed by atoms with Gasteiger partial charge in [-0.15, -0.1) is 0 Å². The second kappa shape index (κ2) is 5.70. The largest absolute Gasteiger partial charge is 0.331 e. The van der Waals surface area contributed by atoms with E-state index >= 15 is 0 Å². The molecule has 2 aromatic carbocycles. The highest BCUT2D eigenvalue weighted by Gasteiger charge is 2.24. The summed E-state index contributed by atoms with van der Waals surface area (Å²) in [6, 6.07) is 15.7. The molecule has 114 valence electrons. The van der Waals surface area contributed by atoms with Crippen molar-refractivity contribution in [2.45, 2.75) is 13.0 Å². The summed E-state index contributed by atoms with van der Waals surface area (Å²) in [5, 5.41) is 0. The molecule has 0 saturated carbocycles. The normalized spacial score (nSPS) is 14.0. The van der Waals surface area contributed by atoms with Crippen molar-refractivity contribution in [2.24, 2.45) is 0 Å². The predicted molar refractivity (Wildman–Crippen MR) is 93.8 cm³/mol. The molecule has 4 nitrogen and oxygen atoms in total. The van der Waals surface area contributed by atoms with Crippen LogP contribution in [0.25, 0.3) is 0 Å². The van der Waals surface area contributed by atoms with Crippen LogP contribution in [-0.4, -0.2) is 19.7 Å². The van der Waals surface area contributed by atoms with Gasteiger partial charge in [0, 0.05) is 24.3 Å². The standard InChI is InChI=1S/C16H16N2O2S2/c1-22(19,20)17-14-7-8-15-13(9-14)10-16(21)18(15)11-12-5-3-2-4-6-12/h2-9,17H,10-11H2,1H3.